The third-order valence-electron chi connectivity index (χ3n) is 10.2. The number of allylic oxidation sites excluding steroid dienone is 4. The van der Waals surface area contributed by atoms with Gasteiger partial charge in [-0.3, -0.25) is 14.4 Å². The van der Waals surface area contributed by atoms with E-state index in [4.69, 9.17) is 14.2 Å². The minimum absolute atomic E-state index is 0.0693. The van der Waals surface area contributed by atoms with E-state index in [1.165, 1.54) is 141 Å². The summed E-state index contributed by atoms with van der Waals surface area (Å²) in [5.74, 6) is -0.875. The van der Waals surface area contributed by atoms with Crippen LogP contribution in [-0.2, 0) is 28.6 Å². The molecule has 0 amide bonds. The van der Waals surface area contributed by atoms with Crippen molar-refractivity contribution in [1.29, 1.82) is 0 Å². The molecule has 0 aromatic rings. The van der Waals surface area contributed by atoms with Crippen molar-refractivity contribution < 1.29 is 28.6 Å². The first-order valence-electron chi connectivity index (χ1n) is 23.3. The lowest BCUT2D eigenvalue weighted by Gasteiger charge is -2.18. The fourth-order valence-electron chi connectivity index (χ4n) is 6.65. The normalized spacial score (nSPS) is 12.1. The Labute approximate surface area is 334 Å². The Kier molecular flexibility index (Phi) is 41.9. The lowest BCUT2D eigenvalue weighted by Crippen LogP contribution is -2.30. The number of carbonyl (C=O) groups is 3. The van der Waals surface area contributed by atoms with Crippen molar-refractivity contribution >= 4 is 17.9 Å². The summed E-state index contributed by atoms with van der Waals surface area (Å²) in [4.78, 5) is 37.6. The summed E-state index contributed by atoms with van der Waals surface area (Å²) in [5, 5.41) is 0. The zero-order valence-corrected chi connectivity index (χ0v) is 36.0. The summed E-state index contributed by atoms with van der Waals surface area (Å²) in [6.45, 7) is 6.57. The summed E-state index contributed by atoms with van der Waals surface area (Å²) in [7, 11) is 0. The maximum absolute atomic E-state index is 12.6. The lowest BCUT2D eigenvalue weighted by atomic mass is 10.1. The Hall–Kier alpha value is -2.11. The van der Waals surface area contributed by atoms with Crippen molar-refractivity contribution in [2.24, 2.45) is 0 Å². The largest absolute Gasteiger partial charge is 0.462 e. The zero-order chi connectivity index (χ0) is 39.4. The summed E-state index contributed by atoms with van der Waals surface area (Å²) >= 11 is 0. The molecule has 0 N–H and O–H groups in total. The van der Waals surface area contributed by atoms with E-state index in [9.17, 15) is 14.4 Å². The molecule has 6 heteroatoms. The van der Waals surface area contributed by atoms with Crippen molar-refractivity contribution in [3.63, 3.8) is 0 Å². The SMILES string of the molecule is CCCCC/C=C\C/C=C\CCCCCCCCCCCC(=O)OCC(COC(=O)CCCCCCCCCC)OC(=O)CCCCCCCCCCC. The van der Waals surface area contributed by atoms with Gasteiger partial charge in [-0.05, 0) is 51.4 Å². The molecule has 54 heavy (non-hydrogen) atoms. The highest BCUT2D eigenvalue weighted by Crippen LogP contribution is 2.15. The maximum Gasteiger partial charge on any atom is 0.306 e. The quantitative estimate of drug-likeness (QED) is 0.0267. The highest BCUT2D eigenvalue weighted by atomic mass is 16.6. The number of unbranched alkanes of at least 4 members (excludes halogenated alkanes) is 27. The van der Waals surface area contributed by atoms with Crippen molar-refractivity contribution in [2.45, 2.75) is 252 Å². The highest BCUT2D eigenvalue weighted by Gasteiger charge is 2.19. The predicted molar refractivity (Wildman–Crippen MR) is 229 cm³/mol. The molecule has 0 aromatic carbocycles. The molecule has 0 spiro atoms. The standard InChI is InChI=1S/C48H88O6/c1-4-7-10-13-16-19-20-21-22-23-24-25-26-27-28-30-32-35-38-41-47(50)53-44-45(43-52-46(49)40-37-34-31-18-15-12-9-6-3)54-48(51)42-39-36-33-29-17-14-11-8-5-2/h16,19,21-22,45H,4-15,17-18,20,23-44H2,1-3H3/b19-16-,22-21-. The number of rotatable bonds is 42. The second kappa shape index (κ2) is 43.6. The van der Waals surface area contributed by atoms with E-state index in [2.05, 4.69) is 45.1 Å². The van der Waals surface area contributed by atoms with E-state index in [0.717, 1.165) is 64.2 Å². The third kappa shape index (κ3) is 41.1. The van der Waals surface area contributed by atoms with Gasteiger partial charge in [0, 0.05) is 19.3 Å². The Balaban J connectivity index is 4.21. The Morgan fingerprint density at radius 1 is 0.370 bits per heavy atom. The number of esters is 3. The molecule has 0 heterocycles. The van der Waals surface area contributed by atoms with Gasteiger partial charge in [0.05, 0.1) is 0 Å². The molecule has 0 radical (unpaired) electrons. The van der Waals surface area contributed by atoms with Crippen LogP contribution in [0.4, 0.5) is 0 Å². The smallest absolute Gasteiger partial charge is 0.306 e. The zero-order valence-electron chi connectivity index (χ0n) is 36.0. The molecule has 0 aliphatic carbocycles. The molecule has 0 aliphatic heterocycles. The number of hydrogen-bond acceptors (Lipinski definition) is 6. The van der Waals surface area contributed by atoms with Crippen LogP contribution in [0.3, 0.4) is 0 Å². The van der Waals surface area contributed by atoms with Crippen LogP contribution in [0.1, 0.15) is 245 Å². The minimum Gasteiger partial charge on any atom is -0.462 e. The first kappa shape index (κ1) is 51.9. The first-order chi connectivity index (χ1) is 26.5. The van der Waals surface area contributed by atoms with Gasteiger partial charge in [0.2, 0.25) is 0 Å². The van der Waals surface area contributed by atoms with Crippen LogP contribution in [0, 0.1) is 0 Å². The van der Waals surface area contributed by atoms with Gasteiger partial charge in [-0.2, -0.15) is 0 Å². The van der Waals surface area contributed by atoms with E-state index in [0.29, 0.717) is 19.3 Å². The molecule has 6 nitrogen and oxygen atoms in total. The van der Waals surface area contributed by atoms with Crippen LogP contribution in [0.15, 0.2) is 24.3 Å². The van der Waals surface area contributed by atoms with Gasteiger partial charge in [0.1, 0.15) is 13.2 Å². The molecular formula is C48H88O6. The first-order valence-corrected chi connectivity index (χ1v) is 23.3. The Morgan fingerprint density at radius 3 is 1.06 bits per heavy atom. The van der Waals surface area contributed by atoms with Gasteiger partial charge in [0.25, 0.3) is 0 Å². The topological polar surface area (TPSA) is 78.9 Å². The fourth-order valence-corrected chi connectivity index (χ4v) is 6.65. The van der Waals surface area contributed by atoms with E-state index in [1.54, 1.807) is 0 Å². The van der Waals surface area contributed by atoms with Crippen molar-refractivity contribution in [2.75, 3.05) is 13.2 Å². The summed E-state index contributed by atoms with van der Waals surface area (Å²) in [5.41, 5.74) is 0. The van der Waals surface area contributed by atoms with Crippen molar-refractivity contribution in [1.82, 2.24) is 0 Å². The van der Waals surface area contributed by atoms with Crippen LogP contribution in [-0.4, -0.2) is 37.2 Å². The number of ether oxygens (including phenoxy) is 3. The van der Waals surface area contributed by atoms with Crippen LogP contribution in [0.5, 0.6) is 0 Å². The molecule has 0 aliphatic rings. The average Bonchev–Trinajstić information content (AvgIpc) is 3.17. The van der Waals surface area contributed by atoms with Gasteiger partial charge in [-0.1, -0.05) is 199 Å². The second-order valence-electron chi connectivity index (χ2n) is 15.7. The van der Waals surface area contributed by atoms with E-state index in [-0.39, 0.29) is 31.1 Å². The second-order valence-corrected chi connectivity index (χ2v) is 15.7. The molecule has 1 atom stereocenters. The molecule has 0 fully saturated rings. The van der Waals surface area contributed by atoms with Crippen molar-refractivity contribution in [3.05, 3.63) is 24.3 Å². The van der Waals surface area contributed by atoms with Gasteiger partial charge >= 0.3 is 17.9 Å². The van der Waals surface area contributed by atoms with Crippen LogP contribution in [0.2, 0.25) is 0 Å². The third-order valence-corrected chi connectivity index (χ3v) is 10.2. The van der Waals surface area contributed by atoms with Crippen LogP contribution >= 0.6 is 0 Å². The van der Waals surface area contributed by atoms with E-state index in [1.807, 2.05) is 0 Å². The number of hydrogen-bond donors (Lipinski definition) is 0. The number of carbonyl (C=O) groups excluding carboxylic acids is 3. The van der Waals surface area contributed by atoms with Gasteiger partial charge in [-0.15, -0.1) is 0 Å². The monoisotopic (exact) mass is 761 g/mol. The van der Waals surface area contributed by atoms with Gasteiger partial charge in [0.15, 0.2) is 6.10 Å². The fraction of sp³-hybridized carbons (Fsp3) is 0.854. The molecule has 0 aromatic heterocycles. The molecule has 1 unspecified atom stereocenters. The van der Waals surface area contributed by atoms with Crippen LogP contribution in [0.25, 0.3) is 0 Å². The molecular weight excluding hydrogens is 673 g/mol. The molecule has 316 valence electrons. The highest BCUT2D eigenvalue weighted by molar-refractivity contribution is 5.71. The molecule has 0 saturated carbocycles. The van der Waals surface area contributed by atoms with Gasteiger partial charge in [-0.25, -0.2) is 0 Å². The summed E-state index contributed by atoms with van der Waals surface area (Å²) in [6.07, 6.45) is 47.4. The molecule has 0 rings (SSSR count). The minimum atomic E-state index is -0.763. The summed E-state index contributed by atoms with van der Waals surface area (Å²) in [6, 6.07) is 0. The maximum atomic E-state index is 12.6. The lowest BCUT2D eigenvalue weighted by molar-refractivity contribution is -0.167. The average molecular weight is 761 g/mol. The molecule has 0 bridgehead atoms. The van der Waals surface area contributed by atoms with E-state index >= 15 is 0 Å². The molecule has 0 saturated heterocycles. The Morgan fingerprint density at radius 2 is 0.667 bits per heavy atom. The van der Waals surface area contributed by atoms with Crippen molar-refractivity contribution in [3.8, 4) is 0 Å². The van der Waals surface area contributed by atoms with E-state index < -0.39 is 6.10 Å². The van der Waals surface area contributed by atoms with Gasteiger partial charge < -0.3 is 14.2 Å². The van der Waals surface area contributed by atoms with Crippen LogP contribution < -0.4 is 0 Å². The summed E-state index contributed by atoms with van der Waals surface area (Å²) < 4.78 is 16.7. The predicted octanol–water partition coefficient (Wildman–Crippen LogP) is 14.8. The Bertz CT molecular complexity index is 880.